The molecule has 0 aliphatic heterocycles. The minimum absolute atomic E-state index is 0.120. The van der Waals surface area contributed by atoms with E-state index in [1.165, 1.54) is 6.42 Å². The maximum Gasteiger partial charge on any atom is 0.162 e. The Morgan fingerprint density at radius 3 is 2.67 bits per heavy atom. The highest BCUT2D eigenvalue weighted by Crippen LogP contribution is 2.38. The smallest absolute Gasteiger partial charge is 0.162 e. The number of hydrogen-bond acceptors (Lipinski definition) is 4. The Bertz CT molecular complexity index is 421. The van der Waals surface area contributed by atoms with Gasteiger partial charge in [0.15, 0.2) is 11.5 Å². The number of nitrogens with two attached hydrogens (primary N) is 1. The van der Waals surface area contributed by atoms with Crippen molar-refractivity contribution in [2.24, 2.45) is 5.73 Å². The first-order chi connectivity index (χ1) is 8.65. The van der Waals surface area contributed by atoms with Gasteiger partial charge in [-0.25, -0.2) is 0 Å². The lowest BCUT2D eigenvalue weighted by Crippen LogP contribution is -2.25. The van der Waals surface area contributed by atoms with Crippen LogP contribution in [0.1, 0.15) is 30.9 Å². The number of ether oxygens (including phenoxy) is 2. The van der Waals surface area contributed by atoms with Crippen LogP contribution in [0.3, 0.4) is 0 Å². The van der Waals surface area contributed by atoms with E-state index in [2.05, 4.69) is 0 Å². The second-order valence-corrected chi connectivity index (χ2v) is 4.85. The number of rotatable bonds is 5. The van der Waals surface area contributed by atoms with Gasteiger partial charge >= 0.3 is 0 Å². The van der Waals surface area contributed by atoms with Gasteiger partial charge in [0.2, 0.25) is 0 Å². The predicted octanol–water partition coefficient (Wildman–Crippen LogP) is 2.27. The topological polar surface area (TPSA) is 64.7 Å². The Kier molecular flexibility index (Phi) is 4.32. The normalized spacial score (nSPS) is 17.1. The monoisotopic (exact) mass is 271 g/mol. The Hall–Kier alpha value is -0.970. The van der Waals surface area contributed by atoms with Gasteiger partial charge in [0, 0.05) is 18.2 Å². The fourth-order valence-electron chi connectivity index (χ4n) is 1.85. The number of benzene rings is 1. The van der Waals surface area contributed by atoms with Crippen LogP contribution in [0.4, 0.5) is 0 Å². The molecule has 1 aromatic rings. The Morgan fingerprint density at radius 1 is 1.44 bits per heavy atom. The van der Waals surface area contributed by atoms with Crippen LogP contribution >= 0.6 is 11.6 Å². The first-order valence-corrected chi connectivity index (χ1v) is 6.45. The maximum absolute atomic E-state index is 9.80. The van der Waals surface area contributed by atoms with Crippen LogP contribution in [0.2, 0.25) is 5.02 Å². The lowest BCUT2D eigenvalue weighted by atomic mass is 9.96. The summed E-state index contributed by atoms with van der Waals surface area (Å²) >= 11 is 6.09. The first kappa shape index (κ1) is 13.5. The summed E-state index contributed by atoms with van der Waals surface area (Å²) in [5, 5.41) is 10.2. The molecule has 0 aromatic heterocycles. The standard InChI is InChI=1S/C13H18ClNO3/c1-17-12-6-10(14)9(11(16)7-15)5-13(12)18-8-3-2-4-8/h5-6,8,11,16H,2-4,7,15H2,1H3. The molecule has 1 aliphatic carbocycles. The quantitative estimate of drug-likeness (QED) is 0.862. The summed E-state index contributed by atoms with van der Waals surface area (Å²) in [5.41, 5.74) is 6.03. The van der Waals surface area contributed by atoms with Gasteiger partial charge in [-0.2, -0.15) is 0 Å². The number of methoxy groups -OCH3 is 1. The van der Waals surface area contributed by atoms with Crippen molar-refractivity contribution in [1.29, 1.82) is 0 Å². The Balaban J connectivity index is 2.29. The van der Waals surface area contributed by atoms with Crippen molar-refractivity contribution in [3.05, 3.63) is 22.7 Å². The van der Waals surface area contributed by atoms with Gasteiger partial charge < -0.3 is 20.3 Å². The molecule has 0 amide bonds. The van der Waals surface area contributed by atoms with E-state index in [-0.39, 0.29) is 12.6 Å². The third-order valence-electron chi connectivity index (χ3n) is 3.21. The van der Waals surface area contributed by atoms with Crippen molar-refractivity contribution < 1.29 is 14.6 Å². The van der Waals surface area contributed by atoms with E-state index in [0.29, 0.717) is 22.1 Å². The van der Waals surface area contributed by atoms with Crippen LogP contribution < -0.4 is 15.2 Å². The highest BCUT2D eigenvalue weighted by atomic mass is 35.5. The summed E-state index contributed by atoms with van der Waals surface area (Å²) in [6.45, 7) is 0.120. The van der Waals surface area contributed by atoms with E-state index in [0.717, 1.165) is 12.8 Å². The van der Waals surface area contributed by atoms with Gasteiger partial charge in [-0.15, -0.1) is 0 Å². The molecule has 0 heterocycles. The third kappa shape index (κ3) is 2.71. The van der Waals surface area contributed by atoms with E-state index in [1.807, 2.05) is 0 Å². The Morgan fingerprint density at radius 2 is 2.17 bits per heavy atom. The van der Waals surface area contributed by atoms with E-state index in [4.69, 9.17) is 26.8 Å². The number of aliphatic hydroxyl groups is 1. The van der Waals surface area contributed by atoms with Crippen molar-refractivity contribution >= 4 is 11.6 Å². The molecule has 0 spiro atoms. The summed E-state index contributed by atoms with van der Waals surface area (Å²) in [6.07, 6.45) is 2.76. The molecular weight excluding hydrogens is 254 g/mol. The summed E-state index contributed by atoms with van der Waals surface area (Å²) < 4.78 is 11.1. The summed E-state index contributed by atoms with van der Waals surface area (Å²) in [6, 6.07) is 3.38. The van der Waals surface area contributed by atoms with Gasteiger partial charge in [-0.05, 0) is 25.3 Å². The minimum atomic E-state index is -0.785. The van der Waals surface area contributed by atoms with E-state index in [9.17, 15) is 5.11 Å². The van der Waals surface area contributed by atoms with Gasteiger partial charge in [-0.1, -0.05) is 11.6 Å². The van der Waals surface area contributed by atoms with Crippen molar-refractivity contribution in [2.45, 2.75) is 31.5 Å². The zero-order valence-electron chi connectivity index (χ0n) is 10.4. The SMILES string of the molecule is COc1cc(Cl)c(C(O)CN)cc1OC1CCC1. The molecule has 18 heavy (non-hydrogen) atoms. The molecule has 1 fully saturated rings. The number of hydrogen-bond donors (Lipinski definition) is 2. The van der Waals surface area contributed by atoms with Crippen molar-refractivity contribution in [1.82, 2.24) is 0 Å². The van der Waals surface area contributed by atoms with Crippen LogP contribution in [-0.4, -0.2) is 24.9 Å². The molecular formula is C13H18ClNO3. The number of aliphatic hydroxyl groups excluding tert-OH is 1. The molecule has 4 nitrogen and oxygen atoms in total. The Labute approximate surface area is 112 Å². The molecule has 0 bridgehead atoms. The molecule has 100 valence electrons. The minimum Gasteiger partial charge on any atom is -0.493 e. The first-order valence-electron chi connectivity index (χ1n) is 6.08. The lowest BCUT2D eigenvalue weighted by molar-refractivity contribution is 0.115. The van der Waals surface area contributed by atoms with Crippen LogP contribution in [0.25, 0.3) is 0 Å². The molecule has 1 saturated carbocycles. The molecule has 3 N–H and O–H groups in total. The van der Waals surface area contributed by atoms with E-state index in [1.54, 1.807) is 19.2 Å². The molecule has 1 aromatic carbocycles. The van der Waals surface area contributed by atoms with Gasteiger partial charge in [0.05, 0.1) is 24.3 Å². The van der Waals surface area contributed by atoms with Crippen LogP contribution in [0.15, 0.2) is 12.1 Å². The average molecular weight is 272 g/mol. The molecule has 0 radical (unpaired) electrons. The van der Waals surface area contributed by atoms with Crippen molar-refractivity contribution in [2.75, 3.05) is 13.7 Å². The zero-order chi connectivity index (χ0) is 13.1. The van der Waals surface area contributed by atoms with Crippen LogP contribution in [0, 0.1) is 0 Å². The van der Waals surface area contributed by atoms with Crippen molar-refractivity contribution in [3.8, 4) is 11.5 Å². The highest BCUT2D eigenvalue weighted by Gasteiger charge is 2.22. The third-order valence-corrected chi connectivity index (χ3v) is 3.54. The summed E-state index contributed by atoms with van der Waals surface area (Å²) in [5.74, 6) is 1.20. The fourth-order valence-corrected chi connectivity index (χ4v) is 2.13. The largest absolute Gasteiger partial charge is 0.493 e. The maximum atomic E-state index is 9.80. The summed E-state index contributed by atoms with van der Waals surface area (Å²) in [7, 11) is 1.57. The van der Waals surface area contributed by atoms with Gasteiger partial charge in [0.1, 0.15) is 0 Å². The molecule has 1 atom stereocenters. The average Bonchev–Trinajstić information content (AvgIpc) is 2.33. The number of halogens is 1. The molecule has 1 aliphatic rings. The zero-order valence-corrected chi connectivity index (χ0v) is 11.1. The van der Waals surface area contributed by atoms with Gasteiger partial charge in [0.25, 0.3) is 0 Å². The van der Waals surface area contributed by atoms with Crippen molar-refractivity contribution in [3.63, 3.8) is 0 Å². The van der Waals surface area contributed by atoms with E-state index < -0.39 is 6.10 Å². The van der Waals surface area contributed by atoms with E-state index >= 15 is 0 Å². The van der Waals surface area contributed by atoms with Gasteiger partial charge in [-0.3, -0.25) is 0 Å². The highest BCUT2D eigenvalue weighted by molar-refractivity contribution is 6.31. The second-order valence-electron chi connectivity index (χ2n) is 4.45. The molecule has 0 saturated heterocycles. The lowest BCUT2D eigenvalue weighted by Gasteiger charge is -2.27. The van der Waals surface area contributed by atoms with Crippen LogP contribution in [0.5, 0.6) is 11.5 Å². The molecule has 2 rings (SSSR count). The predicted molar refractivity (Wildman–Crippen MR) is 70.3 cm³/mol. The van der Waals surface area contributed by atoms with Crippen LogP contribution in [-0.2, 0) is 0 Å². The molecule has 1 unspecified atom stereocenters. The summed E-state index contributed by atoms with van der Waals surface area (Å²) in [4.78, 5) is 0. The second kappa shape index (κ2) is 5.78. The molecule has 5 heteroatoms. The fraction of sp³-hybridized carbons (Fsp3) is 0.538.